The molecule has 0 atom stereocenters. The molecule has 0 spiro atoms. The predicted molar refractivity (Wildman–Crippen MR) is 70.2 cm³/mol. The first-order valence-electron chi connectivity index (χ1n) is 6.54. The first-order valence-corrected chi connectivity index (χ1v) is 6.54. The smallest absolute Gasteiger partial charge is 0.269 e. The standard InChI is InChI=1S/C14H17NO4/c16-13(9-11-3-1-2-4-11)10-19-14-7-5-12(6-8-14)15(17)18/h5-8,11H,1-4,9-10H2. The summed E-state index contributed by atoms with van der Waals surface area (Å²) in [7, 11) is 0. The second-order valence-corrected chi connectivity index (χ2v) is 4.93. The monoisotopic (exact) mass is 263 g/mol. The zero-order valence-electron chi connectivity index (χ0n) is 10.7. The zero-order valence-corrected chi connectivity index (χ0v) is 10.7. The van der Waals surface area contributed by atoms with Gasteiger partial charge in [0.25, 0.3) is 5.69 Å². The number of nitro benzene ring substituents is 1. The van der Waals surface area contributed by atoms with Gasteiger partial charge >= 0.3 is 0 Å². The van der Waals surface area contributed by atoms with Gasteiger partial charge in [0.15, 0.2) is 5.78 Å². The van der Waals surface area contributed by atoms with Crippen LogP contribution in [0.25, 0.3) is 0 Å². The van der Waals surface area contributed by atoms with Crippen LogP contribution in [0.4, 0.5) is 5.69 Å². The van der Waals surface area contributed by atoms with Crippen LogP contribution in [0.5, 0.6) is 5.75 Å². The highest BCUT2D eigenvalue weighted by atomic mass is 16.6. The lowest BCUT2D eigenvalue weighted by molar-refractivity contribution is -0.384. The molecule has 1 fully saturated rings. The second kappa shape index (κ2) is 6.31. The van der Waals surface area contributed by atoms with Crippen molar-refractivity contribution in [2.75, 3.05) is 6.61 Å². The zero-order chi connectivity index (χ0) is 13.7. The summed E-state index contributed by atoms with van der Waals surface area (Å²) >= 11 is 0. The van der Waals surface area contributed by atoms with E-state index >= 15 is 0 Å². The van der Waals surface area contributed by atoms with E-state index in [-0.39, 0.29) is 18.1 Å². The largest absolute Gasteiger partial charge is 0.486 e. The molecule has 1 aromatic carbocycles. The molecule has 5 nitrogen and oxygen atoms in total. The Labute approximate surface area is 111 Å². The van der Waals surface area contributed by atoms with Crippen molar-refractivity contribution in [3.8, 4) is 5.75 Å². The lowest BCUT2D eigenvalue weighted by Gasteiger charge is -2.09. The molecule has 0 amide bonds. The molecule has 0 aromatic heterocycles. The van der Waals surface area contributed by atoms with Gasteiger partial charge in [-0.15, -0.1) is 0 Å². The van der Waals surface area contributed by atoms with E-state index in [1.54, 1.807) is 0 Å². The van der Waals surface area contributed by atoms with Crippen molar-refractivity contribution >= 4 is 11.5 Å². The van der Waals surface area contributed by atoms with Crippen LogP contribution in [0.2, 0.25) is 0 Å². The SMILES string of the molecule is O=C(COc1ccc([N+](=O)[O-])cc1)CC1CCCC1. The van der Waals surface area contributed by atoms with Gasteiger partial charge in [-0.2, -0.15) is 0 Å². The van der Waals surface area contributed by atoms with Crippen LogP contribution in [0, 0.1) is 16.0 Å². The van der Waals surface area contributed by atoms with Gasteiger partial charge in [0.2, 0.25) is 0 Å². The van der Waals surface area contributed by atoms with Crippen molar-refractivity contribution in [2.45, 2.75) is 32.1 Å². The van der Waals surface area contributed by atoms with Gasteiger partial charge in [0, 0.05) is 18.6 Å². The van der Waals surface area contributed by atoms with E-state index in [1.807, 2.05) is 0 Å². The van der Waals surface area contributed by atoms with Crippen molar-refractivity contribution in [1.82, 2.24) is 0 Å². The molecular weight excluding hydrogens is 246 g/mol. The Bertz CT molecular complexity index is 449. The molecule has 0 saturated heterocycles. The number of Topliss-reactive ketones (excluding diaryl/α,β-unsaturated/α-hetero) is 1. The molecule has 0 N–H and O–H groups in total. The third-order valence-corrected chi connectivity index (χ3v) is 3.44. The maximum atomic E-state index is 11.7. The number of carbonyl (C=O) groups excluding carboxylic acids is 1. The fraction of sp³-hybridized carbons (Fsp3) is 0.500. The molecule has 1 aliphatic rings. The maximum absolute atomic E-state index is 11.7. The Morgan fingerprint density at radius 2 is 1.89 bits per heavy atom. The Morgan fingerprint density at radius 1 is 1.26 bits per heavy atom. The first kappa shape index (κ1) is 13.5. The number of hydrogen-bond donors (Lipinski definition) is 0. The van der Waals surface area contributed by atoms with Crippen molar-refractivity contribution in [3.05, 3.63) is 34.4 Å². The van der Waals surface area contributed by atoms with Crippen LogP contribution in [-0.4, -0.2) is 17.3 Å². The minimum atomic E-state index is -0.463. The number of rotatable bonds is 6. The number of non-ortho nitro benzene ring substituents is 1. The summed E-state index contributed by atoms with van der Waals surface area (Å²) in [4.78, 5) is 21.7. The van der Waals surface area contributed by atoms with Crippen molar-refractivity contribution in [1.29, 1.82) is 0 Å². The van der Waals surface area contributed by atoms with Crippen LogP contribution in [-0.2, 0) is 4.79 Å². The average Bonchev–Trinajstić information content (AvgIpc) is 2.89. The van der Waals surface area contributed by atoms with Gasteiger partial charge in [-0.1, -0.05) is 25.7 Å². The fourth-order valence-corrected chi connectivity index (χ4v) is 2.42. The molecular formula is C14H17NO4. The molecule has 5 heteroatoms. The molecule has 2 rings (SSSR count). The summed E-state index contributed by atoms with van der Waals surface area (Å²) in [5.74, 6) is 1.11. The van der Waals surface area contributed by atoms with Gasteiger partial charge in [-0.3, -0.25) is 14.9 Å². The fourth-order valence-electron chi connectivity index (χ4n) is 2.42. The maximum Gasteiger partial charge on any atom is 0.269 e. The number of carbonyl (C=O) groups is 1. The predicted octanol–water partition coefficient (Wildman–Crippen LogP) is 3.12. The molecule has 0 aliphatic heterocycles. The number of ether oxygens (including phenoxy) is 1. The molecule has 1 saturated carbocycles. The summed E-state index contributed by atoms with van der Waals surface area (Å²) in [5.41, 5.74) is 0.0182. The number of hydrogen-bond acceptors (Lipinski definition) is 4. The Kier molecular flexibility index (Phi) is 4.49. The Hall–Kier alpha value is -1.91. The average molecular weight is 263 g/mol. The molecule has 0 unspecified atom stereocenters. The van der Waals surface area contributed by atoms with Gasteiger partial charge in [0.05, 0.1) is 4.92 Å². The molecule has 0 heterocycles. The van der Waals surface area contributed by atoms with Crippen LogP contribution < -0.4 is 4.74 Å². The van der Waals surface area contributed by atoms with E-state index in [9.17, 15) is 14.9 Å². The van der Waals surface area contributed by atoms with E-state index < -0.39 is 4.92 Å². The van der Waals surface area contributed by atoms with Crippen LogP contribution >= 0.6 is 0 Å². The molecule has 19 heavy (non-hydrogen) atoms. The summed E-state index contributed by atoms with van der Waals surface area (Å²) in [5, 5.41) is 10.5. The number of benzene rings is 1. The van der Waals surface area contributed by atoms with E-state index in [0.29, 0.717) is 18.1 Å². The van der Waals surface area contributed by atoms with E-state index in [0.717, 1.165) is 12.8 Å². The summed E-state index contributed by atoms with van der Waals surface area (Å²) in [6.07, 6.45) is 5.32. The highest BCUT2D eigenvalue weighted by Gasteiger charge is 2.18. The molecule has 102 valence electrons. The van der Waals surface area contributed by atoms with E-state index in [4.69, 9.17) is 4.74 Å². The number of nitro groups is 1. The topological polar surface area (TPSA) is 69.4 Å². The lowest BCUT2D eigenvalue weighted by Crippen LogP contribution is -2.14. The van der Waals surface area contributed by atoms with Crippen LogP contribution in [0.3, 0.4) is 0 Å². The summed E-state index contributed by atoms with van der Waals surface area (Å²) < 4.78 is 5.34. The Balaban J connectivity index is 1.77. The Morgan fingerprint density at radius 3 is 2.47 bits per heavy atom. The van der Waals surface area contributed by atoms with Crippen molar-refractivity contribution in [3.63, 3.8) is 0 Å². The molecule has 1 aromatic rings. The lowest BCUT2D eigenvalue weighted by atomic mass is 10.0. The normalized spacial score (nSPS) is 15.4. The molecule has 1 aliphatic carbocycles. The first-order chi connectivity index (χ1) is 9.15. The number of nitrogens with zero attached hydrogens (tertiary/aromatic N) is 1. The van der Waals surface area contributed by atoms with Gasteiger partial charge in [-0.05, 0) is 18.1 Å². The minimum absolute atomic E-state index is 0.0182. The van der Waals surface area contributed by atoms with E-state index in [1.165, 1.54) is 37.1 Å². The molecule has 0 bridgehead atoms. The van der Waals surface area contributed by atoms with Crippen LogP contribution in [0.1, 0.15) is 32.1 Å². The van der Waals surface area contributed by atoms with Gasteiger partial charge in [-0.25, -0.2) is 0 Å². The molecule has 0 radical (unpaired) electrons. The minimum Gasteiger partial charge on any atom is -0.486 e. The second-order valence-electron chi connectivity index (χ2n) is 4.93. The summed E-state index contributed by atoms with van der Waals surface area (Å²) in [6.45, 7) is 0.0499. The van der Waals surface area contributed by atoms with E-state index in [2.05, 4.69) is 0 Å². The van der Waals surface area contributed by atoms with Crippen molar-refractivity contribution in [2.24, 2.45) is 5.92 Å². The third kappa shape index (κ3) is 4.05. The quantitative estimate of drug-likeness (QED) is 0.584. The number of ketones is 1. The van der Waals surface area contributed by atoms with Gasteiger partial charge in [0.1, 0.15) is 12.4 Å². The highest BCUT2D eigenvalue weighted by Crippen LogP contribution is 2.27. The van der Waals surface area contributed by atoms with Gasteiger partial charge < -0.3 is 4.74 Å². The van der Waals surface area contributed by atoms with Crippen molar-refractivity contribution < 1.29 is 14.5 Å². The highest BCUT2D eigenvalue weighted by molar-refractivity contribution is 5.80. The van der Waals surface area contributed by atoms with Crippen LogP contribution in [0.15, 0.2) is 24.3 Å². The summed E-state index contributed by atoms with van der Waals surface area (Å²) in [6, 6.07) is 5.77. The third-order valence-electron chi connectivity index (χ3n) is 3.44.